The lowest BCUT2D eigenvalue weighted by molar-refractivity contribution is -0.134. The molecule has 15 heavy (non-hydrogen) atoms. The summed E-state index contributed by atoms with van der Waals surface area (Å²) in [6, 6.07) is 2.53. The highest BCUT2D eigenvalue weighted by Crippen LogP contribution is 2.34. The zero-order chi connectivity index (χ0) is 11.6. The maximum atomic E-state index is 12.3. The SMILES string of the molecule is CC(=N)N(C)Cc1ccc(C(F)(F)F)s1. The molecular formula is C9H11F3N2S. The van der Waals surface area contributed by atoms with E-state index in [1.54, 1.807) is 18.9 Å². The number of nitrogens with zero attached hydrogens (tertiary/aromatic N) is 1. The van der Waals surface area contributed by atoms with Crippen LogP contribution in [-0.4, -0.2) is 17.8 Å². The molecule has 0 aliphatic heterocycles. The molecule has 6 heteroatoms. The monoisotopic (exact) mass is 236 g/mol. The van der Waals surface area contributed by atoms with E-state index in [-0.39, 0.29) is 0 Å². The first-order chi connectivity index (χ1) is 6.80. The molecule has 84 valence electrons. The summed E-state index contributed by atoms with van der Waals surface area (Å²) < 4.78 is 36.8. The number of nitrogens with one attached hydrogen (secondary N) is 1. The van der Waals surface area contributed by atoms with Gasteiger partial charge in [0.25, 0.3) is 0 Å². The van der Waals surface area contributed by atoms with E-state index in [4.69, 9.17) is 5.41 Å². The van der Waals surface area contributed by atoms with Crippen molar-refractivity contribution in [2.45, 2.75) is 19.6 Å². The van der Waals surface area contributed by atoms with Crippen molar-refractivity contribution < 1.29 is 13.2 Å². The van der Waals surface area contributed by atoms with Gasteiger partial charge in [0.05, 0.1) is 12.4 Å². The van der Waals surface area contributed by atoms with Crippen LogP contribution in [0.1, 0.15) is 16.7 Å². The van der Waals surface area contributed by atoms with Gasteiger partial charge in [-0.05, 0) is 19.1 Å². The zero-order valence-corrected chi connectivity index (χ0v) is 9.17. The Labute approximate surface area is 89.8 Å². The summed E-state index contributed by atoms with van der Waals surface area (Å²) >= 11 is 0.722. The van der Waals surface area contributed by atoms with Gasteiger partial charge in [-0.3, -0.25) is 5.41 Å². The molecule has 0 atom stereocenters. The van der Waals surface area contributed by atoms with E-state index >= 15 is 0 Å². The second-order valence-electron chi connectivity index (χ2n) is 3.21. The second kappa shape index (κ2) is 4.22. The second-order valence-corrected chi connectivity index (χ2v) is 4.37. The Morgan fingerprint density at radius 1 is 1.47 bits per heavy atom. The van der Waals surface area contributed by atoms with E-state index in [1.807, 2.05) is 0 Å². The van der Waals surface area contributed by atoms with Crippen LogP contribution < -0.4 is 0 Å². The minimum Gasteiger partial charge on any atom is -0.359 e. The number of hydrogen-bond acceptors (Lipinski definition) is 2. The highest BCUT2D eigenvalue weighted by atomic mass is 32.1. The van der Waals surface area contributed by atoms with Gasteiger partial charge in [-0.25, -0.2) is 0 Å². The molecule has 1 rings (SSSR count). The van der Waals surface area contributed by atoms with E-state index in [0.29, 0.717) is 17.3 Å². The molecule has 0 saturated heterocycles. The third kappa shape index (κ3) is 3.23. The first kappa shape index (κ1) is 12.0. The van der Waals surface area contributed by atoms with E-state index in [1.165, 1.54) is 6.07 Å². The summed E-state index contributed by atoms with van der Waals surface area (Å²) in [5.41, 5.74) is 0. The molecule has 1 aromatic rings. The molecule has 1 heterocycles. The summed E-state index contributed by atoms with van der Waals surface area (Å²) in [5.74, 6) is 0.331. The lowest BCUT2D eigenvalue weighted by Crippen LogP contribution is -2.21. The first-order valence-electron chi connectivity index (χ1n) is 4.23. The summed E-state index contributed by atoms with van der Waals surface area (Å²) in [7, 11) is 1.68. The van der Waals surface area contributed by atoms with Gasteiger partial charge < -0.3 is 4.90 Å². The summed E-state index contributed by atoms with van der Waals surface area (Å²) in [6.45, 7) is 1.94. The smallest absolute Gasteiger partial charge is 0.359 e. The molecule has 0 saturated carbocycles. The molecule has 0 amide bonds. The Kier molecular flexibility index (Phi) is 3.38. The van der Waals surface area contributed by atoms with Crippen LogP contribution >= 0.6 is 11.3 Å². The maximum Gasteiger partial charge on any atom is 0.425 e. The normalized spacial score (nSPS) is 11.5. The molecule has 0 aliphatic carbocycles. The predicted octanol–water partition coefficient (Wildman–Crippen LogP) is 3.20. The average molecular weight is 236 g/mol. The van der Waals surface area contributed by atoms with Gasteiger partial charge in [0, 0.05) is 11.9 Å². The highest BCUT2D eigenvalue weighted by Gasteiger charge is 2.32. The summed E-state index contributed by atoms with van der Waals surface area (Å²) in [5, 5.41) is 7.29. The van der Waals surface area contributed by atoms with E-state index in [0.717, 1.165) is 17.4 Å². The maximum absolute atomic E-state index is 12.3. The van der Waals surface area contributed by atoms with Gasteiger partial charge in [0.2, 0.25) is 0 Å². The number of hydrogen-bond donors (Lipinski definition) is 1. The molecule has 0 radical (unpaired) electrons. The fourth-order valence-electron chi connectivity index (χ4n) is 0.968. The van der Waals surface area contributed by atoms with Gasteiger partial charge in [-0.2, -0.15) is 13.2 Å². The summed E-state index contributed by atoms with van der Waals surface area (Å²) in [6.07, 6.45) is -4.26. The fourth-order valence-corrected chi connectivity index (χ4v) is 1.90. The van der Waals surface area contributed by atoms with Gasteiger partial charge in [0.15, 0.2) is 0 Å². The van der Waals surface area contributed by atoms with E-state index in [9.17, 15) is 13.2 Å². The quantitative estimate of drug-likeness (QED) is 0.619. The standard InChI is InChI=1S/C9H11F3N2S/c1-6(13)14(2)5-7-3-4-8(15-7)9(10,11)12/h3-4,13H,5H2,1-2H3. The third-order valence-corrected chi connectivity index (χ3v) is 3.02. The number of thiophene rings is 1. The number of amidine groups is 1. The van der Waals surface area contributed by atoms with Crippen molar-refractivity contribution in [2.75, 3.05) is 7.05 Å². The third-order valence-electron chi connectivity index (χ3n) is 1.91. The molecule has 0 aliphatic rings. The fraction of sp³-hybridized carbons (Fsp3) is 0.444. The van der Waals surface area contributed by atoms with Crippen molar-refractivity contribution in [1.82, 2.24) is 4.90 Å². The molecule has 1 N–H and O–H groups in total. The van der Waals surface area contributed by atoms with Crippen LogP contribution in [-0.2, 0) is 12.7 Å². The molecule has 0 fully saturated rings. The van der Waals surface area contributed by atoms with Crippen molar-refractivity contribution in [2.24, 2.45) is 0 Å². The van der Waals surface area contributed by atoms with E-state index < -0.39 is 11.1 Å². The Balaban J connectivity index is 2.73. The van der Waals surface area contributed by atoms with Crippen LogP contribution in [0.4, 0.5) is 13.2 Å². The van der Waals surface area contributed by atoms with Gasteiger partial charge in [-0.15, -0.1) is 11.3 Å². The van der Waals surface area contributed by atoms with Gasteiger partial charge in [0.1, 0.15) is 4.88 Å². The lowest BCUT2D eigenvalue weighted by atomic mass is 10.4. The van der Waals surface area contributed by atoms with Gasteiger partial charge >= 0.3 is 6.18 Å². The Morgan fingerprint density at radius 2 is 2.07 bits per heavy atom. The van der Waals surface area contributed by atoms with Crippen molar-refractivity contribution in [3.05, 3.63) is 21.9 Å². The van der Waals surface area contributed by atoms with Crippen molar-refractivity contribution in [3.8, 4) is 0 Å². The van der Waals surface area contributed by atoms with E-state index in [2.05, 4.69) is 0 Å². The summed E-state index contributed by atoms with van der Waals surface area (Å²) in [4.78, 5) is 1.61. The molecule has 2 nitrogen and oxygen atoms in total. The molecule has 0 spiro atoms. The number of alkyl halides is 3. The minimum absolute atomic E-state index is 0.331. The van der Waals surface area contributed by atoms with Crippen LogP contribution in [0.15, 0.2) is 12.1 Å². The number of halogens is 3. The molecule has 0 unspecified atom stereocenters. The van der Waals surface area contributed by atoms with Crippen LogP contribution in [0, 0.1) is 5.41 Å². The van der Waals surface area contributed by atoms with Gasteiger partial charge in [-0.1, -0.05) is 0 Å². The van der Waals surface area contributed by atoms with Crippen LogP contribution in [0.25, 0.3) is 0 Å². The minimum atomic E-state index is -4.26. The molecule has 1 aromatic heterocycles. The lowest BCUT2D eigenvalue weighted by Gasteiger charge is -2.15. The zero-order valence-electron chi connectivity index (χ0n) is 8.35. The van der Waals surface area contributed by atoms with Crippen molar-refractivity contribution in [1.29, 1.82) is 5.41 Å². The topological polar surface area (TPSA) is 27.1 Å². The van der Waals surface area contributed by atoms with Crippen LogP contribution in [0.2, 0.25) is 0 Å². The van der Waals surface area contributed by atoms with Crippen LogP contribution in [0.3, 0.4) is 0 Å². The first-order valence-corrected chi connectivity index (χ1v) is 5.04. The highest BCUT2D eigenvalue weighted by molar-refractivity contribution is 7.12. The Bertz CT molecular complexity index is 356. The number of rotatable bonds is 2. The predicted molar refractivity (Wildman–Crippen MR) is 54.2 cm³/mol. The molecule has 0 bridgehead atoms. The largest absolute Gasteiger partial charge is 0.425 e. The average Bonchev–Trinajstić information content (AvgIpc) is 2.51. The van der Waals surface area contributed by atoms with Crippen molar-refractivity contribution in [3.63, 3.8) is 0 Å². The Morgan fingerprint density at radius 3 is 2.47 bits per heavy atom. The molecular weight excluding hydrogens is 225 g/mol. The molecule has 0 aromatic carbocycles. The van der Waals surface area contributed by atoms with Crippen LogP contribution in [0.5, 0.6) is 0 Å². The Hall–Kier alpha value is -1.04. The van der Waals surface area contributed by atoms with Crippen molar-refractivity contribution >= 4 is 17.2 Å².